The number of Topliss-reactive ketones (excluding diaryl/α,β-unsaturated/α-hetero) is 1. The van der Waals surface area contributed by atoms with Crippen molar-refractivity contribution in [3.8, 4) is 0 Å². The van der Waals surface area contributed by atoms with Gasteiger partial charge >= 0.3 is 0 Å². The molecule has 0 spiro atoms. The monoisotopic (exact) mass is 732 g/mol. The highest BCUT2D eigenvalue weighted by atomic mass is 16.2. The van der Waals surface area contributed by atoms with Crippen LogP contribution in [0, 0.1) is 22.7 Å². The summed E-state index contributed by atoms with van der Waals surface area (Å²) in [7, 11) is 0. The average molecular weight is 733 g/mol. The minimum absolute atomic E-state index is 0.0407. The molecule has 288 valence electrons. The van der Waals surface area contributed by atoms with Crippen molar-refractivity contribution >= 4 is 35.3 Å². The summed E-state index contributed by atoms with van der Waals surface area (Å²) in [6.07, 6.45) is 7.24. The summed E-state index contributed by atoms with van der Waals surface area (Å²) in [5.41, 5.74) is -0.888. The van der Waals surface area contributed by atoms with Gasteiger partial charge in [0.2, 0.25) is 23.5 Å². The van der Waals surface area contributed by atoms with Crippen molar-refractivity contribution in [2.24, 2.45) is 28.5 Å². The van der Waals surface area contributed by atoms with E-state index < -0.39 is 76.4 Å². The zero-order valence-corrected chi connectivity index (χ0v) is 32.2. The molecule has 4 rings (SSSR count). The predicted octanol–water partition coefficient (Wildman–Crippen LogP) is 3.10. The van der Waals surface area contributed by atoms with E-state index in [0.717, 1.165) is 29.8 Å². The maximum atomic E-state index is 14.7. The highest BCUT2D eigenvalue weighted by molar-refractivity contribution is 6.38. The number of nitrogens with zero attached hydrogens (tertiary/aromatic N) is 4. The molecule has 1 aliphatic heterocycles. The maximum absolute atomic E-state index is 14.7. The molecule has 2 fully saturated rings. The van der Waals surface area contributed by atoms with Crippen molar-refractivity contribution in [2.45, 2.75) is 118 Å². The number of likely N-dealkylation sites (tertiary alicyclic amines) is 1. The normalized spacial score (nSPS) is 20.7. The second-order valence-electron chi connectivity index (χ2n) is 16.5. The molecule has 14 heteroatoms. The fourth-order valence-electron chi connectivity index (χ4n) is 7.57. The minimum Gasteiger partial charge on any atom is -0.344 e. The van der Waals surface area contributed by atoms with Crippen LogP contribution in [-0.4, -0.2) is 85.9 Å². The van der Waals surface area contributed by atoms with Gasteiger partial charge < -0.3 is 20.9 Å². The molecule has 53 heavy (non-hydrogen) atoms. The molecule has 1 aromatic carbocycles. The predicted molar refractivity (Wildman–Crippen MR) is 198 cm³/mol. The molecule has 2 aliphatic rings. The molecule has 5 N–H and O–H groups in total. The molecule has 14 nitrogen and oxygen atoms in total. The molecule has 7 atom stereocenters. The van der Waals surface area contributed by atoms with Crippen LogP contribution in [-0.2, 0) is 24.0 Å². The van der Waals surface area contributed by atoms with Crippen LogP contribution in [0.4, 0.5) is 0 Å². The number of aromatic nitrogens is 2. The average Bonchev–Trinajstić information content (AvgIpc) is 3.71. The molecule has 1 aromatic heterocycles. The van der Waals surface area contributed by atoms with Crippen molar-refractivity contribution in [3.63, 3.8) is 0 Å². The van der Waals surface area contributed by atoms with E-state index in [1.807, 2.05) is 58.0 Å². The van der Waals surface area contributed by atoms with Gasteiger partial charge in [-0.1, -0.05) is 91.6 Å². The van der Waals surface area contributed by atoms with E-state index in [0.29, 0.717) is 13.0 Å². The van der Waals surface area contributed by atoms with Gasteiger partial charge in [-0.2, -0.15) is 0 Å². The van der Waals surface area contributed by atoms with Gasteiger partial charge in [-0.15, -0.1) is 0 Å². The number of ketones is 1. The number of amides is 5. The number of fused-ring (bicyclic) bond motifs is 1. The van der Waals surface area contributed by atoms with Crippen LogP contribution in [0.15, 0.2) is 48.9 Å². The van der Waals surface area contributed by atoms with Gasteiger partial charge in [0, 0.05) is 18.9 Å². The quantitative estimate of drug-likeness (QED) is 0.104. The van der Waals surface area contributed by atoms with E-state index in [1.54, 1.807) is 27.7 Å². The van der Waals surface area contributed by atoms with Crippen LogP contribution in [0.1, 0.15) is 110 Å². The molecule has 5 amide bonds. The second-order valence-corrected chi connectivity index (χ2v) is 16.5. The van der Waals surface area contributed by atoms with E-state index in [9.17, 15) is 28.8 Å². The van der Waals surface area contributed by atoms with Crippen molar-refractivity contribution in [2.75, 3.05) is 6.54 Å². The summed E-state index contributed by atoms with van der Waals surface area (Å²) in [5, 5.41) is 9.32. The first kappa shape index (κ1) is 41.0. The first-order chi connectivity index (χ1) is 24.9. The van der Waals surface area contributed by atoms with Crippen molar-refractivity contribution in [3.05, 3.63) is 60.2 Å². The smallest absolute Gasteiger partial charge is 0.290 e. The summed E-state index contributed by atoms with van der Waals surface area (Å²) in [6.45, 7) is 14.7. The fourth-order valence-corrected chi connectivity index (χ4v) is 7.57. The standard InChI is InChI=1S/C39H56N8O6/c1-9-14-27(30(48)34(50)43-23(2)24-15-11-10-12-16-24)44-33(49)29-26-18-13-17-25(26)22-46(29)37(53)31(38(3,4)5)45-35(51)32(39(6,7)8)47(40)36(52)28-21-41-19-20-42-28/h10-12,15-16,19-21,23,25-27,29,31-32H,9,13-14,17-18,22,40H2,1-8H3,(H,43,50)(H,44,49)(H,45,51)/t23-,25-,26-,27-,29-,31+,32+/m0/s1. The molecular weight excluding hydrogens is 676 g/mol. The highest BCUT2D eigenvalue weighted by Gasteiger charge is 2.53. The molecule has 0 radical (unpaired) electrons. The van der Waals surface area contributed by atoms with E-state index >= 15 is 0 Å². The number of carbonyl (C=O) groups excluding carboxylic acids is 6. The number of nitrogens with one attached hydrogen (secondary N) is 3. The molecule has 1 saturated heterocycles. The lowest BCUT2D eigenvalue weighted by Crippen LogP contribution is -2.64. The zero-order chi connectivity index (χ0) is 39.2. The summed E-state index contributed by atoms with van der Waals surface area (Å²) in [5.74, 6) is 2.36. The van der Waals surface area contributed by atoms with Gasteiger partial charge in [0.05, 0.1) is 18.3 Å². The van der Waals surface area contributed by atoms with Crippen LogP contribution < -0.4 is 21.8 Å². The van der Waals surface area contributed by atoms with Crippen molar-refractivity contribution < 1.29 is 28.8 Å². The summed E-state index contributed by atoms with van der Waals surface area (Å²) < 4.78 is 0. The van der Waals surface area contributed by atoms with Crippen LogP contribution in [0.25, 0.3) is 0 Å². The fraction of sp³-hybridized carbons (Fsp3) is 0.590. The third-order valence-corrected chi connectivity index (χ3v) is 10.3. The third kappa shape index (κ3) is 9.64. The number of hydrogen-bond donors (Lipinski definition) is 4. The Morgan fingerprint density at radius 1 is 0.943 bits per heavy atom. The van der Waals surface area contributed by atoms with Crippen LogP contribution in [0.3, 0.4) is 0 Å². The number of carbonyl (C=O) groups is 6. The van der Waals surface area contributed by atoms with Crippen LogP contribution in [0.5, 0.6) is 0 Å². The molecular formula is C39H56N8O6. The minimum atomic E-state index is -1.21. The number of hydrogen-bond acceptors (Lipinski definition) is 9. The molecule has 0 bridgehead atoms. The Morgan fingerprint density at radius 3 is 2.21 bits per heavy atom. The van der Waals surface area contributed by atoms with Crippen molar-refractivity contribution in [1.82, 2.24) is 35.8 Å². The Kier molecular flexibility index (Phi) is 13.1. The largest absolute Gasteiger partial charge is 0.344 e. The Morgan fingerprint density at radius 2 is 1.62 bits per heavy atom. The zero-order valence-electron chi connectivity index (χ0n) is 32.2. The third-order valence-electron chi connectivity index (χ3n) is 10.3. The SMILES string of the molecule is CCC[C@H](NC(=O)[C@@H]1[C@H]2CCC[C@H]2CN1C(=O)[C@@H](NC(=O)[C@@H](N(N)C(=O)c1cnccn1)C(C)(C)C)C(C)(C)C)C(=O)C(=O)N[C@@H](C)c1ccccc1. The number of benzene rings is 1. The van der Waals surface area contributed by atoms with Gasteiger partial charge in [0.15, 0.2) is 0 Å². The van der Waals surface area contributed by atoms with Gasteiger partial charge in [-0.05, 0) is 54.4 Å². The Hall–Kier alpha value is -4.72. The summed E-state index contributed by atoms with van der Waals surface area (Å²) in [4.78, 5) is 92.4. The van der Waals surface area contributed by atoms with Gasteiger partial charge in [0.1, 0.15) is 23.8 Å². The summed E-state index contributed by atoms with van der Waals surface area (Å²) in [6, 6.07) is 4.54. The lowest BCUT2D eigenvalue weighted by molar-refractivity contribution is -0.147. The van der Waals surface area contributed by atoms with E-state index in [2.05, 4.69) is 25.9 Å². The van der Waals surface area contributed by atoms with E-state index in [4.69, 9.17) is 5.84 Å². The number of nitrogens with two attached hydrogens (primary N) is 1. The molecule has 1 saturated carbocycles. The molecule has 2 heterocycles. The molecule has 2 aromatic rings. The summed E-state index contributed by atoms with van der Waals surface area (Å²) >= 11 is 0. The lowest BCUT2D eigenvalue weighted by Gasteiger charge is -2.40. The topological polar surface area (TPSA) is 197 Å². The van der Waals surface area contributed by atoms with E-state index in [1.165, 1.54) is 23.5 Å². The molecule has 0 unspecified atom stereocenters. The molecule has 1 aliphatic carbocycles. The Bertz CT molecular complexity index is 1640. The number of rotatable bonds is 13. The van der Waals surface area contributed by atoms with Crippen molar-refractivity contribution in [1.29, 1.82) is 0 Å². The van der Waals surface area contributed by atoms with Gasteiger partial charge in [0.25, 0.3) is 11.8 Å². The van der Waals surface area contributed by atoms with Gasteiger partial charge in [-0.3, -0.25) is 38.8 Å². The van der Waals surface area contributed by atoms with Gasteiger partial charge in [-0.25, -0.2) is 10.8 Å². The Balaban J connectivity index is 1.57. The second kappa shape index (κ2) is 17.0. The number of hydrazine groups is 1. The lowest BCUT2D eigenvalue weighted by atomic mass is 9.82. The Labute approximate surface area is 312 Å². The first-order valence-electron chi connectivity index (χ1n) is 18.5. The highest BCUT2D eigenvalue weighted by Crippen LogP contribution is 2.43. The van der Waals surface area contributed by atoms with Crippen LogP contribution in [0.2, 0.25) is 0 Å². The maximum Gasteiger partial charge on any atom is 0.290 e. The van der Waals surface area contributed by atoms with Crippen LogP contribution >= 0.6 is 0 Å². The van der Waals surface area contributed by atoms with E-state index in [-0.39, 0.29) is 24.0 Å². The first-order valence-corrected chi connectivity index (χ1v) is 18.5.